The van der Waals surface area contributed by atoms with Gasteiger partial charge in [0.15, 0.2) is 0 Å². The first-order chi connectivity index (χ1) is 10.5. The predicted molar refractivity (Wildman–Crippen MR) is 85.6 cm³/mol. The van der Waals surface area contributed by atoms with E-state index >= 15 is 0 Å². The molecule has 0 atom stereocenters. The average molecular weight is 306 g/mol. The van der Waals surface area contributed by atoms with Crippen LogP contribution >= 0.6 is 0 Å². The number of nitrogens with zero attached hydrogens (tertiary/aromatic N) is 1. The smallest absolute Gasteiger partial charge is 0.333 e. The fraction of sp³-hybridized carbons (Fsp3) is 0.375. The van der Waals surface area contributed by atoms with Crippen molar-refractivity contribution < 1.29 is 19.1 Å². The van der Waals surface area contributed by atoms with Gasteiger partial charge in [-0.25, -0.2) is 4.79 Å². The van der Waals surface area contributed by atoms with Crippen LogP contribution < -0.4 is 10.6 Å². The highest BCUT2D eigenvalue weighted by molar-refractivity contribution is 5.86. The molecule has 0 aliphatic rings. The Morgan fingerprint density at radius 1 is 1.36 bits per heavy atom. The van der Waals surface area contributed by atoms with Gasteiger partial charge in [0.05, 0.1) is 13.1 Å². The number of hydrogen-bond donors (Lipinski definition) is 1. The van der Waals surface area contributed by atoms with Crippen LogP contribution in [0.15, 0.2) is 30.4 Å². The number of carbonyl (C=O) groups is 2. The summed E-state index contributed by atoms with van der Waals surface area (Å²) in [7, 11) is 0. The van der Waals surface area contributed by atoms with Crippen LogP contribution in [0.25, 0.3) is 0 Å². The highest BCUT2D eigenvalue weighted by atomic mass is 16.5. The van der Waals surface area contributed by atoms with Crippen molar-refractivity contribution in [2.24, 2.45) is 0 Å². The van der Waals surface area contributed by atoms with Gasteiger partial charge in [-0.2, -0.15) is 0 Å². The van der Waals surface area contributed by atoms with Gasteiger partial charge in [0, 0.05) is 16.9 Å². The highest BCUT2D eigenvalue weighted by Gasteiger charge is 2.10. The Morgan fingerprint density at radius 3 is 2.64 bits per heavy atom. The number of ether oxygens (including phenoxy) is 2. The number of aryl methyl sites for hydroxylation is 1. The van der Waals surface area contributed by atoms with Crippen molar-refractivity contribution in [3.8, 4) is 0 Å². The van der Waals surface area contributed by atoms with E-state index in [0.717, 1.165) is 11.3 Å². The summed E-state index contributed by atoms with van der Waals surface area (Å²) in [5, 5.41) is 0. The van der Waals surface area contributed by atoms with Crippen LogP contribution in [-0.4, -0.2) is 38.7 Å². The molecule has 1 aromatic carbocycles. The molecule has 0 bridgehead atoms. The molecular formula is C16H22N2O4. The molecule has 22 heavy (non-hydrogen) atoms. The van der Waals surface area contributed by atoms with Crippen LogP contribution in [0.5, 0.6) is 0 Å². The number of carbonyl (C=O) groups excluding carboxylic acids is 2. The second kappa shape index (κ2) is 8.71. The summed E-state index contributed by atoms with van der Waals surface area (Å²) >= 11 is 0. The Bertz CT molecular complexity index is 543. The fourth-order valence-electron chi connectivity index (χ4n) is 1.81. The standard InChI is InChI=1S/C16H22N2O4/c1-12(2)16(20)22-9-7-18(6-8-21-11-19)14-4-5-15(17)13(3)10-14/h4-5,10-11H,1,6-9,17H2,2-3H3. The molecule has 120 valence electrons. The monoisotopic (exact) mass is 306 g/mol. The van der Waals surface area contributed by atoms with Crippen LogP contribution in [0, 0.1) is 6.92 Å². The molecule has 0 amide bonds. The molecular weight excluding hydrogens is 284 g/mol. The van der Waals surface area contributed by atoms with Crippen molar-refractivity contribution in [2.45, 2.75) is 13.8 Å². The van der Waals surface area contributed by atoms with Crippen LogP contribution in [0.1, 0.15) is 12.5 Å². The molecule has 1 aromatic rings. The third kappa shape index (κ3) is 5.47. The van der Waals surface area contributed by atoms with Gasteiger partial charge in [0.1, 0.15) is 13.2 Å². The van der Waals surface area contributed by atoms with Crippen molar-refractivity contribution in [1.82, 2.24) is 0 Å². The summed E-state index contributed by atoms with van der Waals surface area (Å²) in [5.74, 6) is -0.419. The lowest BCUT2D eigenvalue weighted by Gasteiger charge is -2.25. The highest BCUT2D eigenvalue weighted by Crippen LogP contribution is 2.20. The maximum atomic E-state index is 11.4. The molecule has 6 heteroatoms. The topological polar surface area (TPSA) is 81.9 Å². The molecule has 6 nitrogen and oxygen atoms in total. The molecule has 0 unspecified atom stereocenters. The Labute approximate surface area is 130 Å². The van der Waals surface area contributed by atoms with E-state index in [1.807, 2.05) is 30.0 Å². The zero-order valence-electron chi connectivity index (χ0n) is 13.0. The lowest BCUT2D eigenvalue weighted by molar-refractivity contribution is -0.138. The van der Waals surface area contributed by atoms with E-state index in [4.69, 9.17) is 15.2 Å². The Hall–Kier alpha value is -2.50. The second-order valence-corrected chi connectivity index (χ2v) is 4.91. The normalized spacial score (nSPS) is 9.91. The molecule has 0 radical (unpaired) electrons. The molecule has 0 heterocycles. The molecule has 2 N–H and O–H groups in total. The molecule has 0 saturated carbocycles. The molecule has 0 saturated heterocycles. The molecule has 0 spiro atoms. The largest absolute Gasteiger partial charge is 0.466 e. The molecule has 1 rings (SSSR count). The first-order valence-corrected chi connectivity index (χ1v) is 6.94. The van der Waals surface area contributed by atoms with Crippen molar-refractivity contribution in [3.63, 3.8) is 0 Å². The molecule has 0 fully saturated rings. The summed E-state index contributed by atoms with van der Waals surface area (Å²) in [6, 6.07) is 5.64. The van der Waals surface area contributed by atoms with Crippen molar-refractivity contribution >= 4 is 23.8 Å². The van der Waals surface area contributed by atoms with Crippen LogP contribution in [0.2, 0.25) is 0 Å². The minimum atomic E-state index is -0.419. The lowest BCUT2D eigenvalue weighted by Crippen LogP contribution is -2.31. The summed E-state index contributed by atoms with van der Waals surface area (Å²) in [6.07, 6.45) is 0. The van der Waals surface area contributed by atoms with Gasteiger partial charge in [-0.3, -0.25) is 4.79 Å². The SMILES string of the molecule is C=C(C)C(=O)OCCN(CCOC=O)c1ccc(N)c(C)c1. The number of anilines is 2. The average Bonchev–Trinajstić information content (AvgIpc) is 2.48. The number of nitrogens with two attached hydrogens (primary N) is 1. The summed E-state index contributed by atoms with van der Waals surface area (Å²) in [4.78, 5) is 23.6. The first-order valence-electron chi connectivity index (χ1n) is 6.94. The van der Waals surface area contributed by atoms with Gasteiger partial charge < -0.3 is 20.1 Å². The van der Waals surface area contributed by atoms with Gasteiger partial charge in [0.2, 0.25) is 0 Å². The lowest BCUT2D eigenvalue weighted by atomic mass is 10.1. The van der Waals surface area contributed by atoms with Crippen LogP contribution in [0.4, 0.5) is 11.4 Å². The first kappa shape index (κ1) is 17.6. The zero-order chi connectivity index (χ0) is 16.5. The van der Waals surface area contributed by atoms with Crippen LogP contribution in [-0.2, 0) is 19.1 Å². The van der Waals surface area contributed by atoms with Gasteiger partial charge in [0.25, 0.3) is 6.47 Å². The summed E-state index contributed by atoms with van der Waals surface area (Å²) < 4.78 is 9.84. The molecule has 0 aliphatic carbocycles. The quantitative estimate of drug-likeness (QED) is 0.246. The van der Waals surface area contributed by atoms with Crippen molar-refractivity contribution in [1.29, 1.82) is 0 Å². The number of rotatable bonds is 9. The third-order valence-corrected chi connectivity index (χ3v) is 3.11. The van der Waals surface area contributed by atoms with Crippen LogP contribution in [0.3, 0.4) is 0 Å². The van der Waals surface area contributed by atoms with E-state index in [2.05, 4.69) is 6.58 Å². The minimum absolute atomic E-state index is 0.218. The molecule has 0 aromatic heterocycles. The van der Waals surface area contributed by atoms with E-state index in [9.17, 15) is 9.59 Å². The maximum absolute atomic E-state index is 11.4. The zero-order valence-corrected chi connectivity index (χ0v) is 13.0. The van der Waals surface area contributed by atoms with Gasteiger partial charge in [-0.05, 0) is 37.6 Å². The van der Waals surface area contributed by atoms with E-state index in [1.54, 1.807) is 6.92 Å². The number of benzene rings is 1. The molecule has 0 aliphatic heterocycles. The van der Waals surface area contributed by atoms with E-state index in [0.29, 0.717) is 30.8 Å². The van der Waals surface area contributed by atoms with E-state index in [-0.39, 0.29) is 13.2 Å². The van der Waals surface area contributed by atoms with Gasteiger partial charge in [-0.1, -0.05) is 6.58 Å². The van der Waals surface area contributed by atoms with Crippen molar-refractivity contribution in [2.75, 3.05) is 36.9 Å². The number of nitrogen functional groups attached to an aromatic ring is 1. The van der Waals surface area contributed by atoms with E-state index in [1.165, 1.54) is 0 Å². The fourth-order valence-corrected chi connectivity index (χ4v) is 1.81. The van der Waals surface area contributed by atoms with E-state index < -0.39 is 5.97 Å². The predicted octanol–water partition coefficient (Wildman–Crippen LogP) is 1.68. The Balaban J connectivity index is 2.70. The number of hydrogen-bond acceptors (Lipinski definition) is 6. The summed E-state index contributed by atoms with van der Waals surface area (Å²) in [5.41, 5.74) is 8.77. The van der Waals surface area contributed by atoms with Gasteiger partial charge >= 0.3 is 5.97 Å². The maximum Gasteiger partial charge on any atom is 0.333 e. The second-order valence-electron chi connectivity index (χ2n) is 4.91. The summed E-state index contributed by atoms with van der Waals surface area (Å²) in [6.45, 7) is 8.90. The minimum Gasteiger partial charge on any atom is -0.466 e. The Morgan fingerprint density at radius 2 is 2.05 bits per heavy atom. The Kier molecular flexibility index (Phi) is 6.95. The third-order valence-electron chi connectivity index (χ3n) is 3.11. The number of esters is 1. The van der Waals surface area contributed by atoms with Crippen molar-refractivity contribution in [3.05, 3.63) is 35.9 Å². The van der Waals surface area contributed by atoms with Gasteiger partial charge in [-0.15, -0.1) is 0 Å².